The van der Waals surface area contributed by atoms with Crippen molar-refractivity contribution >= 4 is 28.4 Å². The Morgan fingerprint density at radius 1 is 1.03 bits per heavy atom. The van der Waals surface area contributed by atoms with Gasteiger partial charge in [0.05, 0.1) is 17.0 Å². The van der Waals surface area contributed by atoms with E-state index in [9.17, 15) is 22.4 Å². The van der Waals surface area contributed by atoms with Crippen LogP contribution in [0.5, 0.6) is 0 Å². The lowest BCUT2D eigenvalue weighted by atomic mass is 9.96. The third kappa shape index (κ3) is 4.19. The van der Waals surface area contributed by atoms with E-state index in [2.05, 4.69) is 15.3 Å². The highest BCUT2D eigenvalue weighted by Crippen LogP contribution is 2.36. The zero-order valence-corrected chi connectivity index (χ0v) is 15.8. The molecule has 2 heterocycles. The van der Waals surface area contributed by atoms with Crippen molar-refractivity contribution in [2.75, 3.05) is 23.3 Å². The maximum Gasteiger partial charge on any atom is 0.437 e. The number of hydrogen-bond donors (Lipinski definition) is 1. The zero-order chi connectivity index (χ0) is 21.3. The smallest absolute Gasteiger partial charge is 0.354 e. The highest BCUT2D eigenvalue weighted by Gasteiger charge is 2.40. The van der Waals surface area contributed by atoms with Crippen LogP contribution >= 0.6 is 0 Å². The maximum absolute atomic E-state index is 13.7. The molecule has 9 heteroatoms. The molecule has 2 aromatic carbocycles. The number of alkyl halides is 3. The Bertz CT molecular complexity index is 1070. The molecule has 0 unspecified atom stereocenters. The van der Waals surface area contributed by atoms with Crippen LogP contribution in [0.4, 0.5) is 29.1 Å². The minimum absolute atomic E-state index is 0.0864. The summed E-state index contributed by atoms with van der Waals surface area (Å²) in [5.74, 6) is -1.54. The van der Waals surface area contributed by atoms with Gasteiger partial charge in [-0.15, -0.1) is 0 Å². The summed E-state index contributed by atoms with van der Waals surface area (Å²) in [6.45, 7) is 0.430. The van der Waals surface area contributed by atoms with Gasteiger partial charge in [-0.2, -0.15) is 13.2 Å². The number of carbonyl (C=O) groups is 1. The number of halogens is 4. The van der Waals surface area contributed by atoms with Crippen molar-refractivity contribution in [1.82, 2.24) is 9.97 Å². The number of aromatic nitrogens is 2. The van der Waals surface area contributed by atoms with Crippen LogP contribution in [0.15, 0.2) is 48.5 Å². The first kappa shape index (κ1) is 20.1. The number of benzene rings is 2. The van der Waals surface area contributed by atoms with E-state index in [4.69, 9.17) is 0 Å². The molecule has 0 radical (unpaired) electrons. The fourth-order valence-electron chi connectivity index (χ4n) is 3.56. The van der Waals surface area contributed by atoms with E-state index in [1.165, 1.54) is 35.2 Å². The highest BCUT2D eigenvalue weighted by molar-refractivity contribution is 5.93. The maximum atomic E-state index is 13.7. The number of carbonyl (C=O) groups excluding carboxylic acids is 1. The second kappa shape index (κ2) is 7.89. The van der Waals surface area contributed by atoms with E-state index < -0.39 is 23.6 Å². The summed E-state index contributed by atoms with van der Waals surface area (Å²) in [6, 6.07) is 11.7. The molecule has 156 valence electrons. The van der Waals surface area contributed by atoms with Crippen LogP contribution in [0.3, 0.4) is 0 Å². The van der Waals surface area contributed by atoms with Gasteiger partial charge in [0.15, 0.2) is 11.5 Å². The fraction of sp³-hybridized carbons (Fsp3) is 0.286. The molecule has 1 aliphatic heterocycles. The van der Waals surface area contributed by atoms with Gasteiger partial charge in [0, 0.05) is 18.8 Å². The summed E-state index contributed by atoms with van der Waals surface area (Å²) in [4.78, 5) is 22.1. The molecule has 5 nitrogen and oxygen atoms in total. The molecular weight excluding hydrogens is 400 g/mol. The SMILES string of the molecule is O=C(Nc1ccc(F)cc1)[C@@H]1CCCN(c2nc3ccccc3nc2C(F)(F)F)C1. The van der Waals surface area contributed by atoms with Crippen molar-refractivity contribution in [3.05, 3.63) is 60.0 Å². The molecule has 0 spiro atoms. The largest absolute Gasteiger partial charge is 0.437 e. The van der Waals surface area contributed by atoms with Crippen LogP contribution in [0.25, 0.3) is 11.0 Å². The molecule has 0 bridgehead atoms. The molecule has 1 atom stereocenters. The standard InChI is InChI=1S/C21H18F4N4O/c22-14-7-9-15(10-8-14)26-20(30)13-4-3-11-29(12-13)19-18(21(23,24)25)27-16-5-1-2-6-17(16)28-19/h1-2,5-10,13H,3-4,11-12H2,(H,26,30)/t13-/m1/s1. The molecule has 0 aliphatic carbocycles. The van der Waals surface area contributed by atoms with E-state index in [0.29, 0.717) is 30.6 Å². The number of amides is 1. The van der Waals surface area contributed by atoms with Gasteiger partial charge in [-0.05, 0) is 49.2 Å². The Labute approximate surface area is 169 Å². The molecular formula is C21H18F4N4O. The number of rotatable bonds is 3. The van der Waals surface area contributed by atoms with Crippen LogP contribution < -0.4 is 10.2 Å². The van der Waals surface area contributed by atoms with Crippen molar-refractivity contribution in [3.63, 3.8) is 0 Å². The van der Waals surface area contributed by atoms with E-state index >= 15 is 0 Å². The van der Waals surface area contributed by atoms with Gasteiger partial charge in [0.1, 0.15) is 5.82 Å². The quantitative estimate of drug-likeness (QED) is 0.630. The van der Waals surface area contributed by atoms with Crippen LogP contribution in [0, 0.1) is 11.7 Å². The number of anilines is 2. The molecule has 1 saturated heterocycles. The van der Waals surface area contributed by atoms with Gasteiger partial charge in [-0.1, -0.05) is 12.1 Å². The normalized spacial score (nSPS) is 17.2. The summed E-state index contributed by atoms with van der Waals surface area (Å²) in [7, 11) is 0. The third-order valence-corrected chi connectivity index (χ3v) is 5.02. The van der Waals surface area contributed by atoms with Crippen LogP contribution in [0.2, 0.25) is 0 Å². The lowest BCUT2D eigenvalue weighted by molar-refractivity contribution is -0.140. The number of piperidine rings is 1. The van der Waals surface area contributed by atoms with E-state index in [1.54, 1.807) is 18.2 Å². The Morgan fingerprint density at radius 3 is 2.37 bits per heavy atom. The summed E-state index contributed by atoms with van der Waals surface area (Å²) in [6.07, 6.45) is -3.60. The van der Waals surface area contributed by atoms with Gasteiger partial charge in [0.2, 0.25) is 5.91 Å². The Kier molecular flexibility index (Phi) is 5.27. The van der Waals surface area contributed by atoms with Gasteiger partial charge in [-0.25, -0.2) is 14.4 Å². The summed E-state index contributed by atoms with van der Waals surface area (Å²) < 4.78 is 54.0. The van der Waals surface area contributed by atoms with Crippen LogP contribution in [-0.2, 0) is 11.0 Å². The molecule has 1 aliphatic rings. The number of nitrogens with one attached hydrogen (secondary N) is 1. The summed E-state index contributed by atoms with van der Waals surface area (Å²) in [5.41, 5.74) is -0.102. The fourth-order valence-corrected chi connectivity index (χ4v) is 3.56. The minimum Gasteiger partial charge on any atom is -0.354 e. The summed E-state index contributed by atoms with van der Waals surface area (Å²) in [5, 5.41) is 2.69. The Morgan fingerprint density at radius 2 is 1.70 bits per heavy atom. The van der Waals surface area contributed by atoms with Crippen LogP contribution in [0.1, 0.15) is 18.5 Å². The second-order valence-corrected chi connectivity index (χ2v) is 7.16. The summed E-state index contributed by atoms with van der Waals surface area (Å²) >= 11 is 0. The molecule has 0 saturated carbocycles. The number of nitrogens with zero attached hydrogens (tertiary/aromatic N) is 3. The van der Waals surface area contributed by atoms with Gasteiger partial charge < -0.3 is 10.2 Å². The Hall–Kier alpha value is -3.23. The number of para-hydroxylation sites is 2. The number of fused-ring (bicyclic) bond motifs is 1. The van der Waals surface area contributed by atoms with Gasteiger partial charge >= 0.3 is 6.18 Å². The zero-order valence-electron chi connectivity index (χ0n) is 15.8. The van der Waals surface area contributed by atoms with Crippen molar-refractivity contribution in [2.24, 2.45) is 5.92 Å². The first-order valence-electron chi connectivity index (χ1n) is 9.46. The molecule has 1 amide bonds. The van der Waals surface area contributed by atoms with Crippen molar-refractivity contribution < 1.29 is 22.4 Å². The first-order valence-corrected chi connectivity index (χ1v) is 9.46. The molecule has 1 N–H and O–H groups in total. The molecule has 3 aromatic rings. The lowest BCUT2D eigenvalue weighted by Gasteiger charge is -2.34. The second-order valence-electron chi connectivity index (χ2n) is 7.16. The molecule has 30 heavy (non-hydrogen) atoms. The van der Waals surface area contributed by atoms with Crippen LogP contribution in [-0.4, -0.2) is 29.0 Å². The van der Waals surface area contributed by atoms with E-state index in [1.807, 2.05) is 0 Å². The topological polar surface area (TPSA) is 58.1 Å². The van der Waals surface area contributed by atoms with Crippen molar-refractivity contribution in [1.29, 1.82) is 0 Å². The highest BCUT2D eigenvalue weighted by atomic mass is 19.4. The number of hydrogen-bond acceptors (Lipinski definition) is 4. The van der Waals surface area contributed by atoms with Gasteiger partial charge in [0.25, 0.3) is 0 Å². The lowest BCUT2D eigenvalue weighted by Crippen LogP contribution is -2.42. The third-order valence-electron chi connectivity index (χ3n) is 5.02. The van der Waals surface area contributed by atoms with Crippen molar-refractivity contribution in [2.45, 2.75) is 19.0 Å². The van der Waals surface area contributed by atoms with Gasteiger partial charge in [-0.3, -0.25) is 4.79 Å². The predicted octanol–water partition coefficient (Wildman–Crippen LogP) is 4.64. The molecule has 1 aromatic heterocycles. The average Bonchev–Trinajstić information content (AvgIpc) is 2.74. The predicted molar refractivity (Wildman–Crippen MR) is 105 cm³/mol. The van der Waals surface area contributed by atoms with E-state index in [0.717, 1.165) is 0 Å². The molecule has 1 fully saturated rings. The average molecular weight is 418 g/mol. The van der Waals surface area contributed by atoms with Crippen molar-refractivity contribution in [3.8, 4) is 0 Å². The minimum atomic E-state index is -4.67. The molecule has 4 rings (SSSR count). The Balaban J connectivity index is 1.60. The van der Waals surface area contributed by atoms with E-state index in [-0.39, 0.29) is 23.8 Å². The monoisotopic (exact) mass is 418 g/mol. The first-order chi connectivity index (χ1) is 14.3.